The number of amides is 1. The van der Waals surface area contributed by atoms with Gasteiger partial charge in [0, 0.05) is 12.6 Å². The van der Waals surface area contributed by atoms with Crippen molar-refractivity contribution in [3.63, 3.8) is 0 Å². The zero-order valence-electron chi connectivity index (χ0n) is 17.2. The number of pyridine rings is 1. The van der Waals surface area contributed by atoms with Gasteiger partial charge in [-0.15, -0.1) is 0 Å². The minimum absolute atomic E-state index is 0.0835. The Hall–Kier alpha value is -1.92. The first kappa shape index (κ1) is 21.3. The van der Waals surface area contributed by atoms with Crippen LogP contribution in [0.3, 0.4) is 0 Å². The summed E-state index contributed by atoms with van der Waals surface area (Å²) in [5.41, 5.74) is 1.29. The molecule has 5 nitrogen and oxygen atoms in total. The molecule has 0 radical (unpaired) electrons. The highest BCUT2D eigenvalue weighted by Gasteiger charge is 2.36. The molecule has 160 valence electrons. The number of rotatable bonds is 4. The molecule has 2 atom stereocenters. The van der Waals surface area contributed by atoms with Gasteiger partial charge in [-0.05, 0) is 62.3 Å². The fourth-order valence-corrected chi connectivity index (χ4v) is 7.17. The van der Waals surface area contributed by atoms with E-state index in [1.807, 2.05) is 4.90 Å². The second-order valence-electron chi connectivity index (χ2n) is 8.41. The van der Waals surface area contributed by atoms with Gasteiger partial charge in [0.1, 0.15) is 5.69 Å². The van der Waals surface area contributed by atoms with Gasteiger partial charge in [0.05, 0.1) is 21.4 Å². The van der Waals surface area contributed by atoms with E-state index in [0.29, 0.717) is 28.9 Å². The Kier molecular flexibility index (Phi) is 6.16. The third kappa shape index (κ3) is 4.26. The van der Waals surface area contributed by atoms with E-state index in [1.54, 1.807) is 43.3 Å². The van der Waals surface area contributed by atoms with Crippen LogP contribution in [0, 0.1) is 12.8 Å². The lowest BCUT2D eigenvalue weighted by Crippen LogP contribution is -2.49. The van der Waals surface area contributed by atoms with E-state index in [-0.39, 0.29) is 21.6 Å². The predicted octanol–water partition coefficient (Wildman–Crippen LogP) is 4.81. The van der Waals surface area contributed by atoms with E-state index in [9.17, 15) is 13.2 Å². The summed E-state index contributed by atoms with van der Waals surface area (Å²) < 4.78 is 26.0. The molecule has 1 saturated heterocycles. The first-order valence-corrected chi connectivity index (χ1v) is 12.6. The minimum atomic E-state index is -3.68. The molecule has 0 bridgehead atoms. The number of nitrogens with zero attached hydrogens (tertiary/aromatic N) is 2. The highest BCUT2D eigenvalue weighted by molar-refractivity contribution is 7.90. The molecule has 1 aliphatic carbocycles. The summed E-state index contributed by atoms with van der Waals surface area (Å²) in [5, 5.41) is 0.207. The van der Waals surface area contributed by atoms with Gasteiger partial charge >= 0.3 is 0 Å². The lowest BCUT2D eigenvalue weighted by Gasteiger charge is -2.44. The van der Waals surface area contributed by atoms with Crippen molar-refractivity contribution < 1.29 is 13.2 Å². The van der Waals surface area contributed by atoms with Gasteiger partial charge in [-0.2, -0.15) is 0 Å². The Morgan fingerprint density at radius 2 is 1.83 bits per heavy atom. The average Bonchev–Trinajstić information content (AvgIpc) is 2.72. The number of carbonyl (C=O) groups is 1. The van der Waals surface area contributed by atoms with Crippen LogP contribution in [0.2, 0.25) is 5.02 Å². The summed E-state index contributed by atoms with van der Waals surface area (Å²) in [7, 11) is -3.68. The fourth-order valence-electron chi connectivity index (χ4n) is 4.98. The first-order valence-electron chi connectivity index (χ1n) is 10.6. The van der Waals surface area contributed by atoms with Crippen LogP contribution in [-0.2, 0) is 15.6 Å². The van der Waals surface area contributed by atoms with Gasteiger partial charge in [-0.3, -0.25) is 4.79 Å². The molecular formula is C23H27ClN2O3S. The third-order valence-corrected chi connectivity index (χ3v) is 8.61. The summed E-state index contributed by atoms with van der Waals surface area (Å²) in [4.78, 5) is 19.8. The van der Waals surface area contributed by atoms with E-state index in [1.165, 1.54) is 19.3 Å². The van der Waals surface area contributed by atoms with Crippen molar-refractivity contribution in [2.45, 2.75) is 62.1 Å². The predicted molar refractivity (Wildman–Crippen MR) is 117 cm³/mol. The van der Waals surface area contributed by atoms with Crippen molar-refractivity contribution in [2.24, 2.45) is 5.92 Å². The molecule has 2 heterocycles. The van der Waals surface area contributed by atoms with Crippen LogP contribution in [0.15, 0.2) is 41.3 Å². The maximum Gasteiger partial charge on any atom is 0.272 e. The maximum absolute atomic E-state index is 13.2. The molecule has 4 rings (SSSR count). The van der Waals surface area contributed by atoms with Crippen molar-refractivity contribution in [1.29, 1.82) is 0 Å². The van der Waals surface area contributed by atoms with Crippen LogP contribution in [0.4, 0.5) is 0 Å². The molecule has 7 heteroatoms. The molecule has 30 heavy (non-hydrogen) atoms. The van der Waals surface area contributed by atoms with Crippen LogP contribution in [0.5, 0.6) is 0 Å². The van der Waals surface area contributed by atoms with Crippen LogP contribution in [0.1, 0.15) is 60.3 Å². The normalized spacial score (nSPS) is 21.9. The van der Waals surface area contributed by atoms with Crippen LogP contribution >= 0.6 is 11.6 Å². The fraction of sp³-hybridized carbons (Fsp3) is 0.478. The van der Waals surface area contributed by atoms with E-state index in [0.717, 1.165) is 25.8 Å². The summed E-state index contributed by atoms with van der Waals surface area (Å²) >= 11 is 6.17. The Labute approximate surface area is 183 Å². The SMILES string of the molecule is Cc1cccc(Cl)c1S(=O)(=O)Cc1cccc(C(=O)N2CCCC3CCCCC32)n1. The van der Waals surface area contributed by atoms with E-state index in [2.05, 4.69) is 4.98 Å². The van der Waals surface area contributed by atoms with E-state index in [4.69, 9.17) is 11.6 Å². The number of benzene rings is 1. The number of hydrogen-bond acceptors (Lipinski definition) is 4. The van der Waals surface area contributed by atoms with Gasteiger partial charge in [-0.25, -0.2) is 13.4 Å². The second-order valence-corrected chi connectivity index (χ2v) is 10.7. The standard InChI is InChI=1S/C23H27ClN2O3S/c1-16-7-4-11-19(24)22(16)30(28,29)15-18-10-5-12-20(25-18)23(27)26-14-6-9-17-8-2-3-13-21(17)26/h4-5,7,10-12,17,21H,2-3,6,8-9,13-15H2,1H3. The number of halogens is 1. The van der Waals surface area contributed by atoms with Crippen LogP contribution in [-0.4, -0.2) is 36.8 Å². The van der Waals surface area contributed by atoms with Crippen molar-refractivity contribution in [2.75, 3.05) is 6.54 Å². The molecule has 2 aromatic rings. The summed E-state index contributed by atoms with van der Waals surface area (Å²) in [5.74, 6) is 0.216. The van der Waals surface area contributed by atoms with Crippen LogP contribution < -0.4 is 0 Å². The molecule has 2 fully saturated rings. The average molecular weight is 447 g/mol. The molecule has 2 unspecified atom stereocenters. The number of hydrogen-bond donors (Lipinski definition) is 0. The Balaban J connectivity index is 1.57. The lowest BCUT2D eigenvalue weighted by atomic mass is 9.78. The van der Waals surface area contributed by atoms with Crippen molar-refractivity contribution in [1.82, 2.24) is 9.88 Å². The largest absolute Gasteiger partial charge is 0.334 e. The van der Waals surface area contributed by atoms with Gasteiger partial charge in [-0.1, -0.05) is 42.6 Å². The van der Waals surface area contributed by atoms with E-state index >= 15 is 0 Å². The number of aryl methyl sites for hydroxylation is 1. The number of aromatic nitrogens is 1. The third-order valence-electron chi connectivity index (χ3n) is 6.34. The smallest absolute Gasteiger partial charge is 0.272 e. The quantitative estimate of drug-likeness (QED) is 0.675. The topological polar surface area (TPSA) is 67.3 Å². The molecule has 1 amide bonds. The number of sulfone groups is 1. The van der Waals surface area contributed by atoms with Gasteiger partial charge in [0.15, 0.2) is 9.84 Å². The maximum atomic E-state index is 13.2. The molecule has 1 aliphatic heterocycles. The number of likely N-dealkylation sites (tertiary alicyclic amines) is 1. The first-order chi connectivity index (χ1) is 14.4. The minimum Gasteiger partial charge on any atom is -0.334 e. The number of carbonyl (C=O) groups excluding carboxylic acids is 1. The van der Waals surface area contributed by atoms with Gasteiger partial charge in [0.25, 0.3) is 5.91 Å². The summed E-state index contributed by atoms with van der Waals surface area (Å²) in [6.45, 7) is 2.48. The highest BCUT2D eigenvalue weighted by atomic mass is 35.5. The van der Waals surface area contributed by atoms with Gasteiger partial charge < -0.3 is 4.90 Å². The highest BCUT2D eigenvalue weighted by Crippen LogP contribution is 2.36. The zero-order valence-corrected chi connectivity index (χ0v) is 18.8. The molecule has 1 aromatic carbocycles. The Bertz CT molecular complexity index is 1030. The second kappa shape index (κ2) is 8.67. The molecule has 2 aliphatic rings. The summed E-state index contributed by atoms with van der Waals surface area (Å²) in [6, 6.07) is 10.4. The molecule has 1 saturated carbocycles. The molecular weight excluding hydrogens is 420 g/mol. The van der Waals surface area contributed by atoms with Crippen LogP contribution in [0.25, 0.3) is 0 Å². The Morgan fingerprint density at radius 3 is 2.63 bits per heavy atom. The molecule has 0 spiro atoms. The monoisotopic (exact) mass is 446 g/mol. The Morgan fingerprint density at radius 1 is 1.10 bits per heavy atom. The van der Waals surface area contributed by atoms with Crippen molar-refractivity contribution in [3.8, 4) is 0 Å². The number of fused-ring (bicyclic) bond motifs is 1. The molecule has 1 aromatic heterocycles. The van der Waals surface area contributed by atoms with Gasteiger partial charge in [0.2, 0.25) is 0 Å². The van der Waals surface area contributed by atoms with E-state index < -0.39 is 9.84 Å². The van der Waals surface area contributed by atoms with Crippen molar-refractivity contribution in [3.05, 3.63) is 58.4 Å². The molecule has 0 N–H and O–H groups in total. The summed E-state index contributed by atoms with van der Waals surface area (Å²) in [6.07, 6.45) is 6.86. The van der Waals surface area contributed by atoms with Crippen molar-refractivity contribution >= 4 is 27.3 Å². The zero-order chi connectivity index (χ0) is 21.3. The lowest BCUT2D eigenvalue weighted by molar-refractivity contribution is 0.0385. The number of piperidine rings is 1.